The molecule has 0 aromatic heterocycles. The maximum atomic E-state index is 5.56. The van der Waals surface area contributed by atoms with Crippen LogP contribution in [-0.4, -0.2) is 19.7 Å². The van der Waals surface area contributed by atoms with Crippen LogP contribution in [-0.2, 0) is 0 Å². The molecule has 0 fully saturated rings. The maximum Gasteiger partial charge on any atom is 0.119 e. The van der Waals surface area contributed by atoms with E-state index in [9.17, 15) is 0 Å². The van der Waals surface area contributed by atoms with Gasteiger partial charge < -0.3 is 10.1 Å². The van der Waals surface area contributed by atoms with Gasteiger partial charge >= 0.3 is 0 Å². The molecule has 0 bridgehead atoms. The van der Waals surface area contributed by atoms with E-state index in [1.807, 2.05) is 13.0 Å². The highest BCUT2D eigenvalue weighted by molar-refractivity contribution is 5.55. The third-order valence-corrected chi connectivity index (χ3v) is 3.14. The first-order valence-corrected chi connectivity index (χ1v) is 7.67. The number of ether oxygens (including phenoxy) is 1. The number of hydrogen-bond acceptors (Lipinski definition) is 2. The van der Waals surface area contributed by atoms with Crippen molar-refractivity contribution in [2.45, 2.75) is 34.6 Å². The normalized spacial score (nSPS) is 12.2. The summed E-state index contributed by atoms with van der Waals surface area (Å²) in [4.78, 5) is 0. The van der Waals surface area contributed by atoms with Crippen molar-refractivity contribution in [2.75, 3.05) is 19.7 Å². The van der Waals surface area contributed by atoms with E-state index in [-0.39, 0.29) is 0 Å². The first kappa shape index (κ1) is 16.8. The lowest BCUT2D eigenvalue weighted by atomic mass is 10.00. The van der Waals surface area contributed by atoms with Crippen LogP contribution in [0.1, 0.15) is 40.2 Å². The highest BCUT2D eigenvalue weighted by atomic mass is 16.5. The lowest BCUT2D eigenvalue weighted by Crippen LogP contribution is -2.23. The van der Waals surface area contributed by atoms with Gasteiger partial charge in [-0.1, -0.05) is 51.5 Å². The molecule has 0 heterocycles. The minimum atomic E-state index is 0.547. The van der Waals surface area contributed by atoms with Gasteiger partial charge in [0.05, 0.1) is 6.61 Å². The van der Waals surface area contributed by atoms with Gasteiger partial charge in [-0.3, -0.25) is 0 Å². The highest BCUT2D eigenvalue weighted by Gasteiger charge is 2.04. The van der Waals surface area contributed by atoms with Crippen LogP contribution in [0.15, 0.2) is 29.8 Å². The molecule has 0 aliphatic carbocycles. The van der Waals surface area contributed by atoms with Crippen LogP contribution >= 0.6 is 0 Å². The lowest BCUT2D eigenvalue weighted by molar-refractivity contribution is 0.340. The smallest absolute Gasteiger partial charge is 0.119 e. The average molecular weight is 275 g/mol. The van der Waals surface area contributed by atoms with E-state index >= 15 is 0 Å². The molecule has 1 aromatic rings. The Morgan fingerprint density at radius 1 is 1.25 bits per heavy atom. The topological polar surface area (TPSA) is 21.3 Å². The monoisotopic (exact) mass is 275 g/mol. The van der Waals surface area contributed by atoms with Crippen LogP contribution in [0.2, 0.25) is 0 Å². The van der Waals surface area contributed by atoms with Crippen molar-refractivity contribution in [3.05, 3.63) is 35.4 Å². The Morgan fingerprint density at radius 3 is 2.60 bits per heavy atom. The Balaban J connectivity index is 2.76. The fraction of sp³-hybridized carbons (Fsp3) is 0.556. The van der Waals surface area contributed by atoms with E-state index in [1.165, 1.54) is 11.1 Å². The van der Waals surface area contributed by atoms with Gasteiger partial charge in [0, 0.05) is 6.54 Å². The van der Waals surface area contributed by atoms with Crippen LogP contribution in [0.25, 0.3) is 6.08 Å². The SMILES string of the molecule is CCOc1cccc(C=C(CNCC(C)C)C(C)C)c1. The molecule has 0 saturated carbocycles. The second-order valence-corrected chi connectivity index (χ2v) is 5.90. The molecule has 112 valence electrons. The van der Waals surface area contributed by atoms with Gasteiger partial charge in [0.2, 0.25) is 0 Å². The van der Waals surface area contributed by atoms with E-state index in [4.69, 9.17) is 4.74 Å². The summed E-state index contributed by atoms with van der Waals surface area (Å²) >= 11 is 0. The Morgan fingerprint density at radius 2 is 2.00 bits per heavy atom. The largest absolute Gasteiger partial charge is 0.494 e. The molecule has 0 spiro atoms. The van der Waals surface area contributed by atoms with Crippen molar-refractivity contribution in [1.82, 2.24) is 5.32 Å². The van der Waals surface area contributed by atoms with E-state index < -0.39 is 0 Å². The van der Waals surface area contributed by atoms with Gasteiger partial charge in [-0.2, -0.15) is 0 Å². The van der Waals surface area contributed by atoms with Gasteiger partial charge in [-0.15, -0.1) is 0 Å². The molecule has 0 aliphatic heterocycles. The molecular formula is C18H29NO. The molecule has 1 rings (SSSR count). The number of rotatable bonds is 8. The van der Waals surface area contributed by atoms with E-state index in [0.717, 1.165) is 18.8 Å². The van der Waals surface area contributed by atoms with E-state index in [1.54, 1.807) is 0 Å². The fourth-order valence-electron chi connectivity index (χ4n) is 2.00. The third kappa shape index (κ3) is 6.25. The molecule has 1 aromatic carbocycles. The molecule has 0 saturated heterocycles. The molecule has 1 N–H and O–H groups in total. The molecule has 0 atom stereocenters. The molecule has 20 heavy (non-hydrogen) atoms. The van der Waals surface area contributed by atoms with Crippen molar-refractivity contribution in [2.24, 2.45) is 11.8 Å². The van der Waals surface area contributed by atoms with Crippen molar-refractivity contribution in [3.8, 4) is 5.75 Å². The number of hydrogen-bond donors (Lipinski definition) is 1. The summed E-state index contributed by atoms with van der Waals surface area (Å²) < 4.78 is 5.56. The lowest BCUT2D eigenvalue weighted by Gasteiger charge is -2.14. The number of nitrogens with one attached hydrogen (secondary N) is 1. The predicted octanol–water partition coefficient (Wildman–Crippen LogP) is 4.37. The third-order valence-electron chi connectivity index (χ3n) is 3.14. The summed E-state index contributed by atoms with van der Waals surface area (Å²) in [5, 5.41) is 3.53. The molecule has 0 unspecified atom stereocenters. The predicted molar refractivity (Wildman–Crippen MR) is 88.1 cm³/mol. The first-order chi connectivity index (χ1) is 9.52. The zero-order valence-corrected chi connectivity index (χ0v) is 13.6. The number of benzene rings is 1. The molecule has 0 amide bonds. The van der Waals surface area contributed by atoms with E-state index in [0.29, 0.717) is 18.4 Å². The standard InChI is InChI=1S/C18H29NO/c1-6-20-18-9-7-8-16(11-18)10-17(15(4)5)13-19-12-14(2)3/h7-11,14-15,19H,6,12-13H2,1-5H3. The zero-order valence-electron chi connectivity index (χ0n) is 13.6. The average Bonchev–Trinajstić information content (AvgIpc) is 2.38. The fourth-order valence-corrected chi connectivity index (χ4v) is 2.00. The van der Waals surface area contributed by atoms with Crippen LogP contribution in [0.5, 0.6) is 5.75 Å². The molecule has 2 nitrogen and oxygen atoms in total. The molecule has 0 aliphatic rings. The van der Waals surface area contributed by atoms with Crippen molar-refractivity contribution < 1.29 is 4.74 Å². The van der Waals surface area contributed by atoms with Gasteiger partial charge in [-0.05, 0) is 43.0 Å². The van der Waals surface area contributed by atoms with Crippen molar-refractivity contribution in [3.63, 3.8) is 0 Å². The van der Waals surface area contributed by atoms with Gasteiger partial charge in [-0.25, -0.2) is 0 Å². The molecular weight excluding hydrogens is 246 g/mol. The second kappa shape index (κ2) is 8.80. The van der Waals surface area contributed by atoms with Crippen LogP contribution in [0.3, 0.4) is 0 Å². The molecule has 0 radical (unpaired) electrons. The summed E-state index contributed by atoms with van der Waals surface area (Å²) in [7, 11) is 0. The van der Waals surface area contributed by atoms with E-state index in [2.05, 4.69) is 57.3 Å². The van der Waals surface area contributed by atoms with Crippen LogP contribution in [0.4, 0.5) is 0 Å². The summed E-state index contributed by atoms with van der Waals surface area (Å²) in [5.74, 6) is 2.18. The van der Waals surface area contributed by atoms with Gasteiger partial charge in [0.25, 0.3) is 0 Å². The summed E-state index contributed by atoms with van der Waals surface area (Å²) in [6.07, 6.45) is 2.28. The first-order valence-electron chi connectivity index (χ1n) is 7.67. The summed E-state index contributed by atoms with van der Waals surface area (Å²) in [6.45, 7) is 13.7. The van der Waals surface area contributed by atoms with Gasteiger partial charge in [0.1, 0.15) is 5.75 Å². The summed E-state index contributed by atoms with van der Waals surface area (Å²) in [5.41, 5.74) is 2.64. The Hall–Kier alpha value is -1.28. The Kier molecular flexibility index (Phi) is 7.38. The maximum absolute atomic E-state index is 5.56. The Labute approximate surface area is 124 Å². The quantitative estimate of drug-likeness (QED) is 0.760. The highest BCUT2D eigenvalue weighted by Crippen LogP contribution is 2.18. The molecule has 2 heteroatoms. The van der Waals surface area contributed by atoms with Crippen LogP contribution in [0, 0.1) is 11.8 Å². The minimum absolute atomic E-state index is 0.547. The van der Waals surface area contributed by atoms with Crippen LogP contribution < -0.4 is 10.1 Å². The minimum Gasteiger partial charge on any atom is -0.494 e. The Bertz CT molecular complexity index is 421. The van der Waals surface area contributed by atoms with Gasteiger partial charge in [0.15, 0.2) is 0 Å². The van der Waals surface area contributed by atoms with Crippen molar-refractivity contribution >= 4 is 6.08 Å². The summed E-state index contributed by atoms with van der Waals surface area (Å²) in [6, 6.07) is 8.30. The van der Waals surface area contributed by atoms with Crippen molar-refractivity contribution in [1.29, 1.82) is 0 Å². The second-order valence-electron chi connectivity index (χ2n) is 5.90. The zero-order chi connectivity index (χ0) is 15.0.